The Morgan fingerprint density at radius 1 is 1.07 bits per heavy atom. The van der Waals surface area contributed by atoms with Crippen molar-refractivity contribution in [2.24, 2.45) is 0 Å². The molecule has 1 heterocycles. The topological polar surface area (TPSA) is 6.48 Å². The molecule has 2 nitrogen and oxygen atoms in total. The van der Waals surface area contributed by atoms with Crippen LogP contribution < -0.4 is 0 Å². The molecule has 1 aromatic rings. The Balaban J connectivity index is 1.99. The zero-order valence-corrected chi connectivity index (χ0v) is 10.0. The largest absolute Gasteiger partial charge is 0.294 e. The minimum atomic E-state index is 0.522. The smallest absolute Gasteiger partial charge is 0.0320 e. The first kappa shape index (κ1) is 11.0. The molecule has 0 saturated carbocycles. The van der Waals surface area contributed by atoms with Crippen LogP contribution in [0.1, 0.15) is 18.5 Å². The van der Waals surface area contributed by atoms with Gasteiger partial charge in [-0.2, -0.15) is 0 Å². The van der Waals surface area contributed by atoms with Gasteiger partial charge < -0.3 is 0 Å². The van der Waals surface area contributed by atoms with E-state index in [9.17, 15) is 0 Å². The van der Waals surface area contributed by atoms with Crippen molar-refractivity contribution in [3.8, 4) is 0 Å². The van der Waals surface area contributed by atoms with Gasteiger partial charge in [0.1, 0.15) is 0 Å². The lowest BCUT2D eigenvalue weighted by Crippen LogP contribution is -2.43. The first-order valence-corrected chi connectivity index (χ1v) is 5.90. The van der Waals surface area contributed by atoms with Crippen LogP contribution in [-0.2, 0) is 0 Å². The van der Waals surface area contributed by atoms with E-state index in [0.29, 0.717) is 6.04 Å². The minimum absolute atomic E-state index is 0.522. The summed E-state index contributed by atoms with van der Waals surface area (Å²) >= 11 is 4.36. The molecule has 0 aromatic heterocycles. The van der Waals surface area contributed by atoms with E-state index in [1.54, 1.807) is 0 Å². The van der Waals surface area contributed by atoms with Gasteiger partial charge >= 0.3 is 0 Å². The molecular weight excluding hydrogens is 204 g/mol. The van der Waals surface area contributed by atoms with E-state index in [2.05, 4.69) is 59.3 Å². The molecule has 0 radical (unpaired) electrons. The van der Waals surface area contributed by atoms with Crippen molar-refractivity contribution in [2.45, 2.75) is 13.0 Å². The van der Waals surface area contributed by atoms with Crippen LogP contribution in [0.4, 0.5) is 0 Å². The maximum absolute atomic E-state index is 4.36. The first-order valence-electron chi connectivity index (χ1n) is 5.50. The van der Waals surface area contributed by atoms with Gasteiger partial charge in [-0.25, -0.2) is 0 Å². The van der Waals surface area contributed by atoms with Crippen LogP contribution in [-0.4, -0.2) is 35.4 Å². The average Bonchev–Trinajstić information content (AvgIpc) is 2.30. The van der Waals surface area contributed by atoms with Crippen LogP contribution in [0.2, 0.25) is 0 Å². The molecule has 1 atom stereocenters. The summed E-state index contributed by atoms with van der Waals surface area (Å²) in [6.45, 7) is 6.61. The Morgan fingerprint density at radius 3 is 2.27 bits per heavy atom. The van der Waals surface area contributed by atoms with Gasteiger partial charge in [0.25, 0.3) is 0 Å². The quantitative estimate of drug-likeness (QED) is 0.767. The lowest BCUT2D eigenvalue weighted by atomic mass is 10.1. The Labute approximate surface area is 97.4 Å². The monoisotopic (exact) mass is 222 g/mol. The van der Waals surface area contributed by atoms with E-state index in [4.69, 9.17) is 0 Å². The molecule has 1 saturated heterocycles. The van der Waals surface area contributed by atoms with E-state index in [0.717, 1.165) is 26.2 Å². The van der Waals surface area contributed by atoms with Crippen molar-refractivity contribution in [1.29, 1.82) is 0 Å². The van der Waals surface area contributed by atoms with Crippen molar-refractivity contribution < 1.29 is 0 Å². The molecule has 1 aliphatic heterocycles. The summed E-state index contributed by atoms with van der Waals surface area (Å²) in [5.41, 5.74) is 1.41. The second kappa shape index (κ2) is 5.01. The molecule has 82 valence electrons. The predicted octanol–water partition coefficient (Wildman–Crippen LogP) is 2.21. The number of thiol groups is 1. The summed E-state index contributed by atoms with van der Waals surface area (Å²) in [6, 6.07) is 11.2. The summed E-state index contributed by atoms with van der Waals surface area (Å²) in [5, 5.41) is 0. The highest BCUT2D eigenvalue weighted by Gasteiger charge is 2.20. The van der Waals surface area contributed by atoms with E-state index >= 15 is 0 Å². The SMILES string of the molecule is CC(c1ccccc1)N1CCN(S)CC1. The molecule has 15 heavy (non-hydrogen) atoms. The zero-order valence-electron chi connectivity index (χ0n) is 9.13. The Morgan fingerprint density at radius 2 is 1.67 bits per heavy atom. The highest BCUT2D eigenvalue weighted by atomic mass is 32.1. The lowest BCUT2D eigenvalue weighted by molar-refractivity contribution is 0.152. The molecule has 1 unspecified atom stereocenters. The molecule has 1 aromatic carbocycles. The van der Waals surface area contributed by atoms with Crippen LogP contribution in [0.15, 0.2) is 30.3 Å². The number of benzene rings is 1. The van der Waals surface area contributed by atoms with Gasteiger partial charge in [-0.15, -0.1) is 0 Å². The number of hydrogen-bond donors (Lipinski definition) is 1. The van der Waals surface area contributed by atoms with Crippen LogP contribution in [0.3, 0.4) is 0 Å². The van der Waals surface area contributed by atoms with Crippen molar-refractivity contribution in [3.05, 3.63) is 35.9 Å². The van der Waals surface area contributed by atoms with E-state index < -0.39 is 0 Å². The summed E-state index contributed by atoms with van der Waals surface area (Å²) in [5.74, 6) is 0. The van der Waals surface area contributed by atoms with Crippen molar-refractivity contribution in [3.63, 3.8) is 0 Å². The van der Waals surface area contributed by atoms with Crippen LogP contribution in [0.5, 0.6) is 0 Å². The molecule has 0 spiro atoms. The van der Waals surface area contributed by atoms with Crippen LogP contribution >= 0.6 is 12.8 Å². The third-order valence-electron chi connectivity index (χ3n) is 3.12. The summed E-state index contributed by atoms with van der Waals surface area (Å²) < 4.78 is 2.09. The normalized spacial score (nSPS) is 21.5. The van der Waals surface area contributed by atoms with Crippen molar-refractivity contribution in [2.75, 3.05) is 26.2 Å². The zero-order chi connectivity index (χ0) is 10.7. The molecule has 1 aliphatic rings. The fraction of sp³-hybridized carbons (Fsp3) is 0.500. The summed E-state index contributed by atoms with van der Waals surface area (Å²) in [4.78, 5) is 2.52. The number of piperazine rings is 1. The second-order valence-electron chi connectivity index (χ2n) is 4.08. The lowest BCUT2D eigenvalue weighted by Gasteiger charge is -2.36. The fourth-order valence-corrected chi connectivity index (χ4v) is 2.22. The molecular formula is C12H18N2S. The third kappa shape index (κ3) is 2.74. The average molecular weight is 222 g/mol. The van der Waals surface area contributed by atoms with Gasteiger partial charge in [0, 0.05) is 32.2 Å². The highest BCUT2D eigenvalue weighted by Crippen LogP contribution is 2.21. The maximum atomic E-state index is 4.36. The van der Waals surface area contributed by atoms with Gasteiger partial charge in [-0.3, -0.25) is 9.21 Å². The predicted molar refractivity (Wildman–Crippen MR) is 67.0 cm³/mol. The molecule has 0 amide bonds. The third-order valence-corrected chi connectivity index (χ3v) is 3.52. The Kier molecular flexibility index (Phi) is 3.67. The Bertz CT molecular complexity index is 294. The molecule has 2 rings (SSSR count). The molecule has 0 aliphatic carbocycles. The summed E-state index contributed by atoms with van der Waals surface area (Å²) in [6.07, 6.45) is 0. The molecule has 0 bridgehead atoms. The summed E-state index contributed by atoms with van der Waals surface area (Å²) in [7, 11) is 0. The van der Waals surface area contributed by atoms with E-state index in [-0.39, 0.29) is 0 Å². The van der Waals surface area contributed by atoms with Crippen molar-refractivity contribution in [1.82, 2.24) is 9.21 Å². The van der Waals surface area contributed by atoms with Crippen LogP contribution in [0.25, 0.3) is 0 Å². The van der Waals surface area contributed by atoms with Crippen molar-refractivity contribution >= 4 is 12.8 Å². The Hall–Kier alpha value is -0.510. The van der Waals surface area contributed by atoms with Gasteiger partial charge in [0.05, 0.1) is 0 Å². The standard InChI is InChI=1S/C12H18N2S/c1-11(12-5-3-2-4-6-12)13-7-9-14(15)10-8-13/h2-6,11,15H,7-10H2,1H3. The first-order chi connectivity index (χ1) is 7.27. The van der Waals surface area contributed by atoms with Crippen LogP contribution in [0, 0.1) is 0 Å². The number of hydrogen-bond acceptors (Lipinski definition) is 3. The molecule has 3 heteroatoms. The van der Waals surface area contributed by atoms with Gasteiger partial charge in [-0.1, -0.05) is 43.1 Å². The maximum Gasteiger partial charge on any atom is 0.0320 e. The van der Waals surface area contributed by atoms with Gasteiger partial charge in [0.15, 0.2) is 0 Å². The van der Waals surface area contributed by atoms with Gasteiger partial charge in [-0.05, 0) is 12.5 Å². The molecule has 1 fully saturated rings. The second-order valence-corrected chi connectivity index (χ2v) is 4.64. The molecule has 0 N–H and O–H groups in total. The minimum Gasteiger partial charge on any atom is -0.294 e. The number of nitrogens with zero attached hydrogens (tertiary/aromatic N) is 2. The van der Waals surface area contributed by atoms with Gasteiger partial charge in [0.2, 0.25) is 0 Å². The fourth-order valence-electron chi connectivity index (χ4n) is 2.04. The van der Waals surface area contributed by atoms with E-state index in [1.807, 2.05) is 0 Å². The van der Waals surface area contributed by atoms with E-state index in [1.165, 1.54) is 5.56 Å². The number of rotatable bonds is 2. The highest BCUT2D eigenvalue weighted by molar-refractivity contribution is 7.77.